The molecule has 0 aliphatic carbocycles. The lowest BCUT2D eigenvalue weighted by atomic mass is 10.1. The van der Waals surface area contributed by atoms with E-state index < -0.39 is 10.2 Å². The van der Waals surface area contributed by atoms with E-state index in [-0.39, 0.29) is 19.0 Å². The number of nitrogens with two attached hydrogens (primary N) is 1. The van der Waals surface area contributed by atoms with Gasteiger partial charge >= 0.3 is 0 Å². The summed E-state index contributed by atoms with van der Waals surface area (Å²) in [6.45, 7) is 1.02. The van der Waals surface area contributed by atoms with Crippen LogP contribution in [0.1, 0.15) is 5.56 Å². The predicted octanol–water partition coefficient (Wildman–Crippen LogP) is 0.324. The summed E-state index contributed by atoms with van der Waals surface area (Å²) in [6.07, 6.45) is 4.87. The van der Waals surface area contributed by atoms with Crippen molar-refractivity contribution < 1.29 is 17.9 Å². The molecule has 1 aromatic carbocycles. The van der Waals surface area contributed by atoms with E-state index in [0.717, 1.165) is 5.56 Å². The number of fused-ring (bicyclic) bond motifs is 1. The maximum atomic E-state index is 12.6. The minimum atomic E-state index is -3.70. The Morgan fingerprint density at radius 1 is 1.13 bits per heavy atom. The Labute approximate surface area is 134 Å². The second-order valence-electron chi connectivity index (χ2n) is 5.29. The Hall–Kier alpha value is -2.16. The Kier molecular flexibility index (Phi) is 4.20. The molecule has 1 fully saturated rings. The molecule has 2 N–H and O–H groups in total. The number of amides is 1. The Bertz CT molecular complexity index is 778. The minimum absolute atomic E-state index is 0.157. The molecule has 0 atom stereocenters. The van der Waals surface area contributed by atoms with Crippen LogP contribution < -0.4 is 9.88 Å². The van der Waals surface area contributed by atoms with Crippen molar-refractivity contribution >= 4 is 22.2 Å². The van der Waals surface area contributed by atoms with Crippen molar-refractivity contribution in [2.75, 3.05) is 26.2 Å². The quantitative estimate of drug-likeness (QED) is 0.842. The van der Waals surface area contributed by atoms with Gasteiger partial charge in [0.2, 0.25) is 0 Å². The van der Waals surface area contributed by atoms with E-state index in [1.54, 1.807) is 17.1 Å². The van der Waals surface area contributed by atoms with Gasteiger partial charge in [0, 0.05) is 37.3 Å². The van der Waals surface area contributed by atoms with Gasteiger partial charge in [-0.3, -0.25) is 4.79 Å². The number of hydrogen-bond donors (Lipinski definition) is 1. The largest absolute Gasteiger partial charge is 0.464 e. The fraction of sp³-hybridized carbons (Fsp3) is 0.267. The van der Waals surface area contributed by atoms with E-state index in [2.05, 4.69) is 0 Å². The first-order valence-electron chi connectivity index (χ1n) is 7.16. The Morgan fingerprint density at radius 3 is 2.52 bits per heavy atom. The fourth-order valence-electron chi connectivity index (χ4n) is 2.56. The zero-order chi connectivity index (χ0) is 16.4. The highest BCUT2D eigenvalue weighted by molar-refractivity contribution is 7.86. The third kappa shape index (κ3) is 3.44. The van der Waals surface area contributed by atoms with E-state index in [1.165, 1.54) is 10.6 Å². The molecule has 2 heterocycles. The number of para-hydroxylation sites is 1. The molecule has 0 spiro atoms. The van der Waals surface area contributed by atoms with Crippen LogP contribution in [0.2, 0.25) is 0 Å². The summed E-state index contributed by atoms with van der Waals surface area (Å²) in [4.78, 5) is 14.2. The summed E-state index contributed by atoms with van der Waals surface area (Å²) in [6, 6.07) is 7.43. The molecule has 1 amide bonds. The van der Waals surface area contributed by atoms with Crippen LogP contribution in [-0.4, -0.2) is 49.7 Å². The Balaban J connectivity index is 1.76. The monoisotopic (exact) mass is 335 g/mol. The highest BCUT2D eigenvalue weighted by atomic mass is 32.2. The summed E-state index contributed by atoms with van der Waals surface area (Å²) < 4.78 is 29.3. The van der Waals surface area contributed by atoms with Crippen molar-refractivity contribution in [1.82, 2.24) is 9.21 Å². The number of piperazine rings is 1. The van der Waals surface area contributed by atoms with Crippen LogP contribution >= 0.6 is 0 Å². The first kappa shape index (κ1) is 15.7. The maximum Gasteiger partial charge on any atom is 0.277 e. The second-order valence-corrected chi connectivity index (χ2v) is 6.84. The molecule has 7 nitrogen and oxygen atoms in total. The lowest BCUT2D eigenvalue weighted by molar-refractivity contribution is -0.127. The van der Waals surface area contributed by atoms with E-state index in [4.69, 9.17) is 9.88 Å². The summed E-state index contributed by atoms with van der Waals surface area (Å²) in [5.41, 5.74) is 1.32. The number of nitrogens with zero attached hydrogens (tertiary/aromatic N) is 2. The molecule has 0 radical (unpaired) electrons. The summed E-state index contributed by atoms with van der Waals surface area (Å²) in [5, 5.41) is 5.10. The second kappa shape index (κ2) is 6.15. The minimum Gasteiger partial charge on any atom is -0.464 e. The number of rotatable bonds is 2. The SMILES string of the molecule is NS(=O)(=O)N1CCN(C(=O)C2=Cc3ccccc3OC=C2)CC1. The zero-order valence-electron chi connectivity index (χ0n) is 12.4. The van der Waals surface area contributed by atoms with Gasteiger partial charge in [-0.05, 0) is 18.2 Å². The van der Waals surface area contributed by atoms with Gasteiger partial charge in [-0.2, -0.15) is 12.7 Å². The molecule has 2 aliphatic rings. The van der Waals surface area contributed by atoms with Gasteiger partial charge in [0.1, 0.15) is 5.75 Å². The van der Waals surface area contributed by atoms with E-state index in [0.29, 0.717) is 24.4 Å². The van der Waals surface area contributed by atoms with Crippen LogP contribution in [0, 0.1) is 0 Å². The molecule has 0 saturated carbocycles. The molecule has 0 bridgehead atoms. The van der Waals surface area contributed by atoms with Crippen LogP contribution in [0.5, 0.6) is 5.75 Å². The number of benzene rings is 1. The topological polar surface area (TPSA) is 92.9 Å². The van der Waals surface area contributed by atoms with Gasteiger partial charge in [-0.1, -0.05) is 18.2 Å². The number of carbonyl (C=O) groups excluding carboxylic acids is 1. The van der Waals surface area contributed by atoms with Crippen molar-refractivity contribution in [3.05, 3.63) is 47.7 Å². The van der Waals surface area contributed by atoms with Gasteiger partial charge in [0.05, 0.1) is 6.26 Å². The molecule has 2 aliphatic heterocycles. The average molecular weight is 335 g/mol. The molecule has 0 unspecified atom stereocenters. The lowest BCUT2D eigenvalue weighted by Crippen LogP contribution is -2.52. The van der Waals surface area contributed by atoms with Gasteiger partial charge in [0.15, 0.2) is 0 Å². The highest BCUT2D eigenvalue weighted by Gasteiger charge is 2.27. The normalized spacial score (nSPS) is 18.7. The third-order valence-corrected chi connectivity index (χ3v) is 4.89. The Morgan fingerprint density at radius 2 is 1.83 bits per heavy atom. The predicted molar refractivity (Wildman–Crippen MR) is 85.4 cm³/mol. The summed E-state index contributed by atoms with van der Waals surface area (Å²) in [7, 11) is -3.70. The van der Waals surface area contributed by atoms with Crippen LogP contribution in [0.25, 0.3) is 6.08 Å². The van der Waals surface area contributed by atoms with Crippen LogP contribution in [0.15, 0.2) is 42.2 Å². The molecule has 3 rings (SSSR count). The van der Waals surface area contributed by atoms with Crippen LogP contribution in [-0.2, 0) is 15.0 Å². The molecular weight excluding hydrogens is 318 g/mol. The molecule has 1 saturated heterocycles. The highest BCUT2D eigenvalue weighted by Crippen LogP contribution is 2.25. The molecule has 122 valence electrons. The number of ether oxygens (including phenoxy) is 1. The maximum absolute atomic E-state index is 12.6. The third-order valence-electron chi connectivity index (χ3n) is 3.81. The first-order valence-corrected chi connectivity index (χ1v) is 8.66. The standard InChI is InChI=1S/C15H17N3O4S/c16-23(20,21)18-8-6-17(7-9-18)15(19)13-5-10-22-14-4-2-1-3-12(14)11-13/h1-5,10-11H,6-9H2,(H2,16,20,21). The van der Waals surface area contributed by atoms with Gasteiger partial charge < -0.3 is 9.64 Å². The summed E-state index contributed by atoms with van der Waals surface area (Å²) in [5.74, 6) is 0.529. The lowest BCUT2D eigenvalue weighted by Gasteiger charge is -2.33. The van der Waals surface area contributed by atoms with Gasteiger partial charge in [-0.15, -0.1) is 0 Å². The van der Waals surface area contributed by atoms with E-state index >= 15 is 0 Å². The van der Waals surface area contributed by atoms with Crippen LogP contribution in [0.3, 0.4) is 0 Å². The first-order chi connectivity index (χ1) is 10.9. The van der Waals surface area contributed by atoms with Crippen molar-refractivity contribution in [2.45, 2.75) is 0 Å². The molecule has 1 aromatic rings. The van der Waals surface area contributed by atoms with Crippen molar-refractivity contribution in [2.24, 2.45) is 5.14 Å². The summed E-state index contributed by atoms with van der Waals surface area (Å²) >= 11 is 0. The van der Waals surface area contributed by atoms with E-state index in [9.17, 15) is 13.2 Å². The van der Waals surface area contributed by atoms with Gasteiger partial charge in [-0.25, -0.2) is 5.14 Å². The van der Waals surface area contributed by atoms with Crippen LogP contribution in [0.4, 0.5) is 0 Å². The van der Waals surface area contributed by atoms with Crippen molar-refractivity contribution in [1.29, 1.82) is 0 Å². The molecule has 8 heteroatoms. The molecule has 23 heavy (non-hydrogen) atoms. The molecular formula is C15H17N3O4S. The smallest absolute Gasteiger partial charge is 0.277 e. The van der Waals surface area contributed by atoms with Crippen molar-refractivity contribution in [3.8, 4) is 5.75 Å². The van der Waals surface area contributed by atoms with Gasteiger partial charge in [0.25, 0.3) is 16.1 Å². The molecule has 0 aromatic heterocycles. The van der Waals surface area contributed by atoms with Crippen molar-refractivity contribution in [3.63, 3.8) is 0 Å². The number of carbonyl (C=O) groups is 1. The fourth-order valence-corrected chi connectivity index (χ4v) is 3.24. The number of hydrogen-bond acceptors (Lipinski definition) is 4. The van der Waals surface area contributed by atoms with E-state index in [1.807, 2.05) is 24.3 Å². The average Bonchev–Trinajstić information content (AvgIpc) is 2.75. The zero-order valence-corrected chi connectivity index (χ0v) is 13.2.